The van der Waals surface area contributed by atoms with Gasteiger partial charge in [-0.2, -0.15) is 0 Å². The second kappa shape index (κ2) is 5.43. The molecular formula is C16H23ClN2. The Morgan fingerprint density at radius 3 is 2.95 bits per heavy atom. The molecule has 2 nitrogen and oxygen atoms in total. The fraction of sp³-hybridized carbons (Fsp3) is 0.625. The van der Waals surface area contributed by atoms with Crippen LogP contribution in [-0.4, -0.2) is 30.6 Å². The largest absolute Gasteiger partial charge is 0.316 e. The highest BCUT2D eigenvalue weighted by Gasteiger charge is 2.42. The first kappa shape index (κ1) is 13.4. The number of nitrogens with zero attached hydrogens (tertiary/aromatic N) is 1. The van der Waals surface area contributed by atoms with E-state index >= 15 is 0 Å². The lowest BCUT2D eigenvalue weighted by Crippen LogP contribution is -2.34. The van der Waals surface area contributed by atoms with Gasteiger partial charge in [-0.15, -0.1) is 0 Å². The SMILES string of the molecule is CCC1C2CNCC2CN1Cc1ccc(C)cc1Cl. The zero-order valence-electron chi connectivity index (χ0n) is 11.8. The maximum Gasteiger partial charge on any atom is 0.0453 e. The van der Waals surface area contributed by atoms with E-state index in [-0.39, 0.29) is 0 Å². The molecule has 3 rings (SSSR count). The van der Waals surface area contributed by atoms with Gasteiger partial charge in [-0.1, -0.05) is 30.7 Å². The number of aryl methyl sites for hydroxylation is 1. The molecule has 1 aromatic carbocycles. The fourth-order valence-corrected chi connectivity index (χ4v) is 4.15. The third kappa shape index (κ3) is 2.54. The van der Waals surface area contributed by atoms with Gasteiger partial charge in [-0.3, -0.25) is 4.90 Å². The van der Waals surface area contributed by atoms with Crippen molar-refractivity contribution >= 4 is 11.6 Å². The van der Waals surface area contributed by atoms with Crippen LogP contribution in [-0.2, 0) is 6.54 Å². The van der Waals surface area contributed by atoms with Crippen molar-refractivity contribution in [3.8, 4) is 0 Å². The van der Waals surface area contributed by atoms with Crippen molar-refractivity contribution in [2.75, 3.05) is 19.6 Å². The first-order valence-corrected chi connectivity index (χ1v) is 7.76. The van der Waals surface area contributed by atoms with Crippen molar-refractivity contribution in [3.63, 3.8) is 0 Å². The van der Waals surface area contributed by atoms with Gasteiger partial charge in [-0.25, -0.2) is 0 Å². The Balaban J connectivity index is 1.76. The topological polar surface area (TPSA) is 15.3 Å². The number of benzene rings is 1. The summed E-state index contributed by atoms with van der Waals surface area (Å²) in [6, 6.07) is 7.16. The molecule has 1 aromatic rings. The third-order valence-electron chi connectivity index (χ3n) is 4.82. The molecule has 2 saturated heterocycles. The summed E-state index contributed by atoms with van der Waals surface area (Å²) < 4.78 is 0. The van der Waals surface area contributed by atoms with Gasteiger partial charge in [0.25, 0.3) is 0 Å². The molecule has 3 atom stereocenters. The van der Waals surface area contributed by atoms with E-state index in [9.17, 15) is 0 Å². The molecule has 0 aliphatic carbocycles. The van der Waals surface area contributed by atoms with E-state index in [4.69, 9.17) is 11.6 Å². The quantitative estimate of drug-likeness (QED) is 0.914. The van der Waals surface area contributed by atoms with E-state index in [2.05, 4.69) is 42.3 Å². The van der Waals surface area contributed by atoms with Crippen molar-refractivity contribution in [1.29, 1.82) is 0 Å². The molecule has 0 bridgehead atoms. The Hall–Kier alpha value is -0.570. The molecule has 2 heterocycles. The van der Waals surface area contributed by atoms with Crippen LogP contribution in [0.3, 0.4) is 0 Å². The molecule has 0 amide bonds. The Morgan fingerprint density at radius 1 is 1.37 bits per heavy atom. The summed E-state index contributed by atoms with van der Waals surface area (Å²) in [6.07, 6.45) is 1.24. The lowest BCUT2D eigenvalue weighted by Gasteiger charge is -2.27. The highest BCUT2D eigenvalue weighted by molar-refractivity contribution is 6.31. The second-order valence-electron chi connectivity index (χ2n) is 6.08. The van der Waals surface area contributed by atoms with E-state index in [1.54, 1.807) is 0 Å². The van der Waals surface area contributed by atoms with E-state index in [0.29, 0.717) is 0 Å². The monoisotopic (exact) mass is 278 g/mol. The van der Waals surface area contributed by atoms with Crippen LogP contribution in [0, 0.1) is 18.8 Å². The normalized spacial score (nSPS) is 30.8. The molecule has 2 fully saturated rings. The van der Waals surface area contributed by atoms with Crippen molar-refractivity contribution in [3.05, 3.63) is 34.3 Å². The molecule has 0 aromatic heterocycles. The van der Waals surface area contributed by atoms with Crippen LogP contribution in [0.5, 0.6) is 0 Å². The van der Waals surface area contributed by atoms with Crippen LogP contribution < -0.4 is 5.32 Å². The smallest absolute Gasteiger partial charge is 0.0453 e. The van der Waals surface area contributed by atoms with E-state index in [1.165, 1.54) is 37.2 Å². The Morgan fingerprint density at radius 2 is 2.21 bits per heavy atom. The molecule has 0 spiro atoms. The Kier molecular flexibility index (Phi) is 3.84. The lowest BCUT2D eigenvalue weighted by atomic mass is 9.93. The van der Waals surface area contributed by atoms with Gasteiger partial charge in [0, 0.05) is 24.2 Å². The van der Waals surface area contributed by atoms with Gasteiger partial charge in [0.1, 0.15) is 0 Å². The summed E-state index contributed by atoms with van der Waals surface area (Å²) in [7, 11) is 0. The van der Waals surface area contributed by atoms with Crippen molar-refractivity contribution in [1.82, 2.24) is 10.2 Å². The fourth-order valence-electron chi connectivity index (χ4n) is 3.85. The number of rotatable bonds is 3. The van der Waals surface area contributed by atoms with Gasteiger partial charge in [-0.05, 0) is 55.5 Å². The highest BCUT2D eigenvalue weighted by Crippen LogP contribution is 2.35. The Bertz CT molecular complexity index is 460. The minimum Gasteiger partial charge on any atom is -0.316 e. The molecule has 3 unspecified atom stereocenters. The highest BCUT2D eigenvalue weighted by atomic mass is 35.5. The number of nitrogens with one attached hydrogen (secondary N) is 1. The van der Waals surface area contributed by atoms with Gasteiger partial charge >= 0.3 is 0 Å². The van der Waals surface area contributed by atoms with E-state index in [1.807, 2.05) is 0 Å². The minimum atomic E-state index is 0.720. The van der Waals surface area contributed by atoms with Gasteiger partial charge in [0.05, 0.1) is 0 Å². The number of hydrogen-bond acceptors (Lipinski definition) is 2. The molecule has 2 aliphatic heterocycles. The molecule has 1 N–H and O–H groups in total. The van der Waals surface area contributed by atoms with Crippen molar-refractivity contribution in [2.24, 2.45) is 11.8 Å². The third-order valence-corrected chi connectivity index (χ3v) is 5.18. The van der Waals surface area contributed by atoms with Crippen molar-refractivity contribution in [2.45, 2.75) is 32.9 Å². The summed E-state index contributed by atoms with van der Waals surface area (Å²) in [6.45, 7) is 9.02. The first-order valence-electron chi connectivity index (χ1n) is 7.39. The molecular weight excluding hydrogens is 256 g/mol. The summed E-state index contributed by atoms with van der Waals surface area (Å²) in [4.78, 5) is 2.65. The second-order valence-corrected chi connectivity index (χ2v) is 6.49. The molecule has 104 valence electrons. The number of likely N-dealkylation sites (tertiary alicyclic amines) is 1. The van der Waals surface area contributed by atoms with Crippen LogP contribution in [0.15, 0.2) is 18.2 Å². The van der Waals surface area contributed by atoms with Crippen LogP contribution in [0.4, 0.5) is 0 Å². The molecule has 0 radical (unpaired) electrons. The summed E-state index contributed by atoms with van der Waals surface area (Å²) >= 11 is 6.38. The van der Waals surface area contributed by atoms with E-state index < -0.39 is 0 Å². The maximum absolute atomic E-state index is 6.38. The summed E-state index contributed by atoms with van der Waals surface area (Å²) in [5.74, 6) is 1.68. The number of hydrogen-bond donors (Lipinski definition) is 1. The number of halogens is 1. The van der Waals surface area contributed by atoms with Gasteiger partial charge in [0.15, 0.2) is 0 Å². The molecule has 19 heavy (non-hydrogen) atoms. The van der Waals surface area contributed by atoms with Gasteiger partial charge in [0.2, 0.25) is 0 Å². The molecule has 0 saturated carbocycles. The maximum atomic E-state index is 6.38. The van der Waals surface area contributed by atoms with Crippen LogP contribution in [0.1, 0.15) is 24.5 Å². The van der Waals surface area contributed by atoms with Crippen LogP contribution in [0.25, 0.3) is 0 Å². The average molecular weight is 279 g/mol. The summed E-state index contributed by atoms with van der Waals surface area (Å²) in [5, 5.41) is 4.46. The minimum absolute atomic E-state index is 0.720. The van der Waals surface area contributed by atoms with Crippen LogP contribution in [0.2, 0.25) is 5.02 Å². The molecule has 3 heteroatoms. The zero-order chi connectivity index (χ0) is 13.4. The van der Waals surface area contributed by atoms with Gasteiger partial charge < -0.3 is 5.32 Å². The summed E-state index contributed by atoms with van der Waals surface area (Å²) in [5.41, 5.74) is 2.52. The predicted octanol–water partition coefficient (Wildman–Crippen LogP) is 3.08. The zero-order valence-corrected chi connectivity index (χ0v) is 12.6. The van der Waals surface area contributed by atoms with Crippen molar-refractivity contribution < 1.29 is 0 Å². The van der Waals surface area contributed by atoms with Crippen LogP contribution >= 0.6 is 11.6 Å². The standard InChI is InChI=1S/C16H23ClN2/c1-3-16-14-8-18-7-13(14)10-19(16)9-12-5-4-11(2)6-15(12)17/h4-6,13-14,16,18H,3,7-10H2,1-2H3. The van der Waals surface area contributed by atoms with E-state index in [0.717, 1.165) is 29.4 Å². The first-order chi connectivity index (χ1) is 9.19. The molecule has 2 aliphatic rings. The lowest BCUT2D eigenvalue weighted by molar-refractivity contribution is 0.210. The average Bonchev–Trinajstić information content (AvgIpc) is 2.92. The predicted molar refractivity (Wildman–Crippen MR) is 80.5 cm³/mol. The Labute approximate surface area is 121 Å². The number of fused-ring (bicyclic) bond motifs is 1.